The molecule has 4 heteroatoms. The van der Waals surface area contributed by atoms with E-state index in [1.165, 1.54) is 14.0 Å². The van der Waals surface area contributed by atoms with Gasteiger partial charge in [-0.2, -0.15) is 0 Å². The van der Waals surface area contributed by atoms with Crippen molar-refractivity contribution in [1.29, 1.82) is 0 Å². The Morgan fingerprint density at radius 2 is 1.94 bits per heavy atom. The van der Waals surface area contributed by atoms with Crippen LogP contribution in [0, 0.1) is 19.8 Å². The van der Waals surface area contributed by atoms with Crippen LogP contribution in [0.25, 0.3) is 0 Å². The third kappa shape index (κ3) is 3.09. The Bertz CT molecular complexity index is 477. The third-order valence-electron chi connectivity index (χ3n) is 2.84. The summed E-state index contributed by atoms with van der Waals surface area (Å²) in [6.45, 7) is 5.28. The first kappa shape index (κ1) is 14.2. The molecule has 1 unspecified atom stereocenters. The molecular formula is C14H18O4. The SMILES string of the molecule is COc1c(C)cc(C)cc1C(=O)CC(C)C(=O)O. The zero-order valence-corrected chi connectivity index (χ0v) is 11.1. The molecule has 0 bridgehead atoms. The molecule has 0 radical (unpaired) electrons. The average Bonchev–Trinajstić information content (AvgIpc) is 2.27. The number of rotatable bonds is 5. The van der Waals surface area contributed by atoms with Gasteiger partial charge in [0.15, 0.2) is 5.78 Å². The fourth-order valence-corrected chi connectivity index (χ4v) is 1.91. The predicted molar refractivity (Wildman–Crippen MR) is 68.2 cm³/mol. The van der Waals surface area contributed by atoms with Gasteiger partial charge in [0, 0.05) is 6.42 Å². The van der Waals surface area contributed by atoms with Gasteiger partial charge in [-0.15, -0.1) is 0 Å². The number of hydrogen-bond donors (Lipinski definition) is 1. The Kier molecular flexibility index (Phi) is 4.48. The number of hydrogen-bond acceptors (Lipinski definition) is 3. The summed E-state index contributed by atoms with van der Waals surface area (Å²) in [6.07, 6.45) is -0.0193. The van der Waals surface area contributed by atoms with Crippen LogP contribution in [-0.4, -0.2) is 24.0 Å². The number of benzene rings is 1. The van der Waals surface area contributed by atoms with E-state index < -0.39 is 11.9 Å². The zero-order chi connectivity index (χ0) is 13.9. The molecule has 98 valence electrons. The van der Waals surface area contributed by atoms with Crippen molar-refractivity contribution in [2.75, 3.05) is 7.11 Å². The zero-order valence-electron chi connectivity index (χ0n) is 11.1. The Morgan fingerprint density at radius 1 is 1.33 bits per heavy atom. The first-order valence-corrected chi connectivity index (χ1v) is 5.78. The molecule has 0 spiro atoms. The van der Waals surface area contributed by atoms with Crippen LogP contribution in [0.1, 0.15) is 34.8 Å². The number of carbonyl (C=O) groups is 2. The molecule has 0 aromatic heterocycles. The van der Waals surface area contributed by atoms with Gasteiger partial charge in [-0.3, -0.25) is 9.59 Å². The molecule has 0 saturated carbocycles. The summed E-state index contributed by atoms with van der Waals surface area (Å²) in [4.78, 5) is 22.9. The van der Waals surface area contributed by atoms with Crippen molar-refractivity contribution in [2.24, 2.45) is 5.92 Å². The van der Waals surface area contributed by atoms with E-state index in [4.69, 9.17) is 9.84 Å². The lowest BCUT2D eigenvalue weighted by molar-refractivity contribution is -0.141. The molecule has 1 aromatic carbocycles. The van der Waals surface area contributed by atoms with Gasteiger partial charge in [-0.05, 0) is 31.0 Å². The highest BCUT2D eigenvalue weighted by atomic mass is 16.5. The number of aryl methyl sites for hydroxylation is 2. The molecule has 4 nitrogen and oxygen atoms in total. The van der Waals surface area contributed by atoms with Gasteiger partial charge in [0.2, 0.25) is 0 Å². The lowest BCUT2D eigenvalue weighted by Gasteiger charge is -2.13. The van der Waals surface area contributed by atoms with Crippen molar-refractivity contribution in [1.82, 2.24) is 0 Å². The summed E-state index contributed by atoms with van der Waals surface area (Å²) in [5, 5.41) is 8.83. The maximum Gasteiger partial charge on any atom is 0.306 e. The molecule has 18 heavy (non-hydrogen) atoms. The van der Waals surface area contributed by atoms with Crippen molar-refractivity contribution in [3.05, 3.63) is 28.8 Å². The van der Waals surface area contributed by atoms with Crippen molar-refractivity contribution >= 4 is 11.8 Å². The molecule has 0 amide bonds. The minimum Gasteiger partial charge on any atom is -0.496 e. The molecule has 1 N–H and O–H groups in total. The number of aliphatic carboxylic acids is 1. The number of carbonyl (C=O) groups excluding carboxylic acids is 1. The van der Waals surface area contributed by atoms with Crippen molar-refractivity contribution in [3.8, 4) is 5.75 Å². The first-order chi connectivity index (χ1) is 8.36. The Balaban J connectivity index is 3.08. The second-order valence-corrected chi connectivity index (χ2v) is 4.53. The van der Waals surface area contributed by atoms with E-state index in [0.717, 1.165) is 11.1 Å². The summed E-state index contributed by atoms with van der Waals surface area (Å²) in [5.74, 6) is -1.33. The van der Waals surface area contributed by atoms with Gasteiger partial charge < -0.3 is 9.84 Å². The molecule has 0 saturated heterocycles. The van der Waals surface area contributed by atoms with E-state index in [1.807, 2.05) is 19.9 Å². The highest BCUT2D eigenvalue weighted by Gasteiger charge is 2.20. The van der Waals surface area contributed by atoms with Crippen molar-refractivity contribution in [3.63, 3.8) is 0 Å². The van der Waals surface area contributed by atoms with Crippen LogP contribution in [0.15, 0.2) is 12.1 Å². The summed E-state index contributed by atoms with van der Waals surface area (Å²) < 4.78 is 5.23. The molecule has 0 aliphatic heterocycles. The van der Waals surface area contributed by atoms with Gasteiger partial charge in [0.1, 0.15) is 5.75 Å². The maximum absolute atomic E-state index is 12.1. The largest absolute Gasteiger partial charge is 0.496 e. The third-order valence-corrected chi connectivity index (χ3v) is 2.84. The van der Waals surface area contributed by atoms with E-state index in [0.29, 0.717) is 11.3 Å². The average molecular weight is 250 g/mol. The molecule has 1 atom stereocenters. The number of ether oxygens (including phenoxy) is 1. The van der Waals surface area contributed by atoms with E-state index in [9.17, 15) is 9.59 Å². The Hall–Kier alpha value is -1.84. The van der Waals surface area contributed by atoms with Gasteiger partial charge in [0.05, 0.1) is 18.6 Å². The van der Waals surface area contributed by atoms with Crippen LogP contribution in [-0.2, 0) is 4.79 Å². The molecule has 0 heterocycles. The summed E-state index contributed by atoms with van der Waals surface area (Å²) >= 11 is 0. The lowest BCUT2D eigenvalue weighted by atomic mass is 9.96. The fourth-order valence-electron chi connectivity index (χ4n) is 1.91. The topological polar surface area (TPSA) is 63.6 Å². The minimum atomic E-state index is -0.966. The van der Waals surface area contributed by atoms with Crippen LogP contribution in [0.3, 0.4) is 0 Å². The van der Waals surface area contributed by atoms with Crippen molar-refractivity contribution in [2.45, 2.75) is 27.2 Å². The van der Waals surface area contributed by atoms with Gasteiger partial charge in [-0.1, -0.05) is 13.0 Å². The summed E-state index contributed by atoms with van der Waals surface area (Å²) in [6, 6.07) is 3.67. The molecule has 0 aliphatic rings. The van der Waals surface area contributed by atoms with Gasteiger partial charge in [0.25, 0.3) is 0 Å². The smallest absolute Gasteiger partial charge is 0.306 e. The monoisotopic (exact) mass is 250 g/mol. The number of carboxylic acids is 1. The lowest BCUT2D eigenvalue weighted by Crippen LogP contribution is -2.15. The second kappa shape index (κ2) is 5.67. The van der Waals surface area contributed by atoms with E-state index in [-0.39, 0.29) is 12.2 Å². The first-order valence-electron chi connectivity index (χ1n) is 5.78. The van der Waals surface area contributed by atoms with Crippen LogP contribution < -0.4 is 4.74 Å². The number of methoxy groups -OCH3 is 1. The molecule has 0 fully saturated rings. The number of Topliss-reactive ketones (excluding diaryl/α,β-unsaturated/α-hetero) is 1. The van der Waals surface area contributed by atoms with Crippen LogP contribution >= 0.6 is 0 Å². The second-order valence-electron chi connectivity index (χ2n) is 4.53. The predicted octanol–water partition coefficient (Wildman–Crippen LogP) is 2.61. The van der Waals surface area contributed by atoms with Crippen molar-refractivity contribution < 1.29 is 19.4 Å². The van der Waals surface area contributed by atoms with Gasteiger partial charge in [-0.25, -0.2) is 0 Å². The highest BCUT2D eigenvalue weighted by Crippen LogP contribution is 2.27. The normalized spacial score (nSPS) is 12.0. The van der Waals surface area contributed by atoms with Crippen LogP contribution in [0.5, 0.6) is 5.75 Å². The standard InChI is InChI=1S/C14H18O4/c1-8-5-9(2)13(18-4)11(6-8)12(15)7-10(3)14(16)17/h5-6,10H,7H2,1-4H3,(H,16,17). The molecule has 1 aromatic rings. The minimum absolute atomic E-state index is 0.0193. The number of ketones is 1. The fraction of sp³-hybridized carbons (Fsp3) is 0.429. The molecular weight excluding hydrogens is 232 g/mol. The summed E-state index contributed by atoms with van der Waals surface area (Å²) in [5.41, 5.74) is 2.30. The van der Waals surface area contributed by atoms with Crippen LogP contribution in [0.2, 0.25) is 0 Å². The van der Waals surface area contributed by atoms with E-state index in [1.54, 1.807) is 6.07 Å². The maximum atomic E-state index is 12.1. The Morgan fingerprint density at radius 3 is 2.44 bits per heavy atom. The highest BCUT2D eigenvalue weighted by molar-refractivity contribution is 6.00. The van der Waals surface area contributed by atoms with Crippen LogP contribution in [0.4, 0.5) is 0 Å². The summed E-state index contributed by atoms with van der Waals surface area (Å²) in [7, 11) is 1.51. The van der Waals surface area contributed by atoms with E-state index >= 15 is 0 Å². The Labute approximate surface area is 107 Å². The quantitative estimate of drug-likeness (QED) is 0.816. The number of carboxylic acid groups (broad SMARTS) is 1. The van der Waals surface area contributed by atoms with Gasteiger partial charge >= 0.3 is 5.97 Å². The van der Waals surface area contributed by atoms with E-state index in [2.05, 4.69) is 0 Å². The molecule has 1 rings (SSSR count). The molecule has 0 aliphatic carbocycles.